The van der Waals surface area contributed by atoms with Crippen LogP contribution in [-0.2, 0) is 12.8 Å². The first-order valence-corrected chi connectivity index (χ1v) is 9.61. The third-order valence-corrected chi connectivity index (χ3v) is 3.70. The fraction of sp³-hybridized carbons (Fsp3) is 0.478. The van der Waals surface area contributed by atoms with Crippen molar-refractivity contribution in [3.05, 3.63) is 71.8 Å². The van der Waals surface area contributed by atoms with Gasteiger partial charge in [-0.05, 0) is 56.9 Å². The van der Waals surface area contributed by atoms with E-state index in [2.05, 4.69) is 72.6 Å². The van der Waals surface area contributed by atoms with Gasteiger partial charge in [0.05, 0.1) is 0 Å². The van der Waals surface area contributed by atoms with Gasteiger partial charge in [-0.25, -0.2) is 0 Å². The van der Waals surface area contributed by atoms with Gasteiger partial charge in [-0.1, -0.05) is 88.4 Å². The Bertz CT molecular complexity index is 418. The largest absolute Gasteiger partial charge is 0.306 e. The van der Waals surface area contributed by atoms with Gasteiger partial charge >= 0.3 is 0 Å². The van der Waals surface area contributed by atoms with Crippen LogP contribution in [0.2, 0.25) is 0 Å². The lowest BCUT2D eigenvalue weighted by atomic mass is 10.1. The predicted octanol–water partition coefficient (Wildman–Crippen LogP) is 6.24. The molecule has 1 heteroatoms. The second-order valence-electron chi connectivity index (χ2n) is 5.48. The molecular weight excluding hydrogens is 290 g/mol. The van der Waals surface area contributed by atoms with Crippen LogP contribution in [0.3, 0.4) is 0 Å². The number of rotatable bonds is 8. The molecule has 0 amide bonds. The second-order valence-corrected chi connectivity index (χ2v) is 5.48. The molecule has 0 unspecified atom stereocenters. The average molecular weight is 328 g/mol. The highest BCUT2D eigenvalue weighted by atomic mass is 15.1. The average Bonchev–Trinajstić information content (AvgIpc) is 2.67. The molecule has 24 heavy (non-hydrogen) atoms. The van der Waals surface area contributed by atoms with Gasteiger partial charge in [0.1, 0.15) is 0 Å². The standard InChI is InChI=1S/C19H25N.2C2H6/c1-20(16-8-14-18-10-4-2-5-11-18)17-9-15-19-12-6-3-7-13-19;2*1-2/h2-7,10-13H,8-9,14-17H2,1H3;2*1-2H3. The lowest BCUT2D eigenvalue weighted by molar-refractivity contribution is 0.325. The first-order valence-electron chi connectivity index (χ1n) is 9.61. The van der Waals surface area contributed by atoms with Crippen LogP contribution in [0.5, 0.6) is 0 Å². The number of hydrogen-bond acceptors (Lipinski definition) is 1. The molecule has 0 aliphatic carbocycles. The Kier molecular flexibility index (Phi) is 15.2. The van der Waals surface area contributed by atoms with Gasteiger partial charge in [-0.2, -0.15) is 0 Å². The third-order valence-electron chi connectivity index (χ3n) is 3.70. The van der Waals surface area contributed by atoms with Crippen LogP contribution in [0.15, 0.2) is 60.7 Å². The van der Waals surface area contributed by atoms with Crippen LogP contribution in [-0.4, -0.2) is 25.0 Å². The van der Waals surface area contributed by atoms with Crippen LogP contribution in [0.1, 0.15) is 51.7 Å². The molecule has 2 aromatic rings. The maximum absolute atomic E-state index is 2.45. The highest BCUT2D eigenvalue weighted by Crippen LogP contribution is 2.05. The van der Waals surface area contributed by atoms with E-state index in [0.29, 0.717) is 0 Å². The first kappa shape index (κ1) is 22.4. The summed E-state index contributed by atoms with van der Waals surface area (Å²) in [6.45, 7) is 10.4. The van der Waals surface area contributed by atoms with Gasteiger partial charge in [0, 0.05) is 0 Å². The van der Waals surface area contributed by atoms with Gasteiger partial charge in [0.25, 0.3) is 0 Å². The molecule has 0 aliphatic rings. The van der Waals surface area contributed by atoms with E-state index >= 15 is 0 Å². The lowest BCUT2D eigenvalue weighted by Gasteiger charge is -2.16. The van der Waals surface area contributed by atoms with Crippen molar-refractivity contribution < 1.29 is 0 Å². The van der Waals surface area contributed by atoms with Crippen LogP contribution in [0.4, 0.5) is 0 Å². The van der Waals surface area contributed by atoms with Crippen molar-refractivity contribution >= 4 is 0 Å². The molecule has 134 valence electrons. The number of hydrogen-bond donors (Lipinski definition) is 0. The smallest absolute Gasteiger partial charge is 0.00186 e. The summed E-state index contributed by atoms with van der Waals surface area (Å²) in [7, 11) is 2.23. The highest BCUT2D eigenvalue weighted by Gasteiger charge is 1.99. The molecule has 0 spiro atoms. The fourth-order valence-corrected chi connectivity index (χ4v) is 2.51. The Morgan fingerprint density at radius 3 is 1.25 bits per heavy atom. The van der Waals surface area contributed by atoms with E-state index in [4.69, 9.17) is 0 Å². The number of aryl methyl sites for hydroxylation is 2. The molecule has 0 atom stereocenters. The molecule has 0 saturated heterocycles. The van der Waals surface area contributed by atoms with Crippen molar-refractivity contribution in [3.8, 4) is 0 Å². The molecule has 2 aromatic carbocycles. The topological polar surface area (TPSA) is 3.24 Å². The van der Waals surface area contributed by atoms with Gasteiger partial charge in [-0.3, -0.25) is 0 Å². The molecule has 0 bridgehead atoms. The Balaban J connectivity index is 0.00000123. The van der Waals surface area contributed by atoms with Crippen LogP contribution < -0.4 is 0 Å². The highest BCUT2D eigenvalue weighted by molar-refractivity contribution is 5.15. The molecule has 0 saturated carbocycles. The zero-order valence-electron chi connectivity index (χ0n) is 16.5. The van der Waals surface area contributed by atoms with E-state index in [9.17, 15) is 0 Å². The summed E-state index contributed by atoms with van der Waals surface area (Å²) in [5.41, 5.74) is 2.90. The maximum Gasteiger partial charge on any atom is -0.00186 e. The number of nitrogens with zero attached hydrogens (tertiary/aromatic N) is 1. The van der Waals surface area contributed by atoms with Gasteiger partial charge in [0.2, 0.25) is 0 Å². The molecule has 0 aromatic heterocycles. The van der Waals surface area contributed by atoms with E-state index in [1.54, 1.807) is 0 Å². The van der Waals surface area contributed by atoms with Gasteiger partial charge in [-0.15, -0.1) is 0 Å². The zero-order valence-corrected chi connectivity index (χ0v) is 16.5. The summed E-state index contributed by atoms with van der Waals surface area (Å²) in [6.07, 6.45) is 4.85. The predicted molar refractivity (Wildman–Crippen MR) is 110 cm³/mol. The first-order chi connectivity index (χ1) is 11.8. The molecule has 2 rings (SSSR count). The summed E-state index contributed by atoms with van der Waals surface area (Å²) < 4.78 is 0. The second kappa shape index (κ2) is 16.3. The zero-order chi connectivity index (χ0) is 18.0. The van der Waals surface area contributed by atoms with E-state index < -0.39 is 0 Å². The lowest BCUT2D eigenvalue weighted by Crippen LogP contribution is -2.21. The molecule has 0 aliphatic heterocycles. The molecule has 0 radical (unpaired) electrons. The summed E-state index contributed by atoms with van der Waals surface area (Å²) >= 11 is 0. The van der Waals surface area contributed by atoms with E-state index in [1.165, 1.54) is 49.9 Å². The van der Waals surface area contributed by atoms with Crippen molar-refractivity contribution in [2.24, 2.45) is 0 Å². The minimum absolute atomic E-state index is 1.18. The minimum atomic E-state index is 1.18. The maximum atomic E-state index is 2.45. The third kappa shape index (κ3) is 11.0. The van der Waals surface area contributed by atoms with Crippen LogP contribution in [0, 0.1) is 0 Å². The Morgan fingerprint density at radius 2 is 0.917 bits per heavy atom. The molecule has 1 nitrogen and oxygen atoms in total. The van der Waals surface area contributed by atoms with Gasteiger partial charge < -0.3 is 4.90 Å². The molecule has 0 heterocycles. The normalized spacial score (nSPS) is 9.58. The van der Waals surface area contributed by atoms with E-state index in [-0.39, 0.29) is 0 Å². The van der Waals surface area contributed by atoms with Crippen LogP contribution in [0.25, 0.3) is 0 Å². The number of benzene rings is 2. The Labute approximate surface area is 150 Å². The minimum Gasteiger partial charge on any atom is -0.306 e. The summed E-state index contributed by atoms with van der Waals surface area (Å²) in [5.74, 6) is 0. The van der Waals surface area contributed by atoms with Crippen molar-refractivity contribution in [1.82, 2.24) is 4.90 Å². The SMILES string of the molecule is CC.CC.CN(CCCc1ccccc1)CCCc1ccccc1. The van der Waals surface area contributed by atoms with Crippen molar-refractivity contribution in [2.45, 2.75) is 53.4 Å². The van der Waals surface area contributed by atoms with Crippen molar-refractivity contribution in [3.63, 3.8) is 0 Å². The van der Waals surface area contributed by atoms with E-state index in [1.807, 2.05) is 27.7 Å². The molecule has 0 N–H and O–H groups in total. The quantitative estimate of drug-likeness (QED) is 0.555. The van der Waals surface area contributed by atoms with E-state index in [0.717, 1.165) is 0 Å². The summed E-state index contributed by atoms with van der Waals surface area (Å²) in [5, 5.41) is 0. The van der Waals surface area contributed by atoms with Gasteiger partial charge in [0.15, 0.2) is 0 Å². The Hall–Kier alpha value is -1.60. The molecule has 0 fully saturated rings. The summed E-state index contributed by atoms with van der Waals surface area (Å²) in [6, 6.07) is 21.5. The van der Waals surface area contributed by atoms with Crippen molar-refractivity contribution in [2.75, 3.05) is 20.1 Å². The monoisotopic (exact) mass is 327 g/mol. The van der Waals surface area contributed by atoms with Crippen LogP contribution >= 0.6 is 0 Å². The fourth-order valence-electron chi connectivity index (χ4n) is 2.51. The molecular formula is C23H37N. The van der Waals surface area contributed by atoms with Crippen molar-refractivity contribution in [1.29, 1.82) is 0 Å². The summed E-state index contributed by atoms with van der Waals surface area (Å²) in [4.78, 5) is 2.45. The Morgan fingerprint density at radius 1 is 0.583 bits per heavy atom.